The largest absolute Gasteiger partial charge is 0.386 e. The van der Waals surface area contributed by atoms with Crippen LogP contribution in [0.4, 0.5) is 9.18 Å². The highest BCUT2D eigenvalue weighted by atomic mass is 32.1. The molecule has 22 heavy (non-hydrogen) atoms. The number of urea groups is 1. The maximum absolute atomic E-state index is 13.5. The van der Waals surface area contributed by atoms with Crippen molar-refractivity contribution in [2.75, 3.05) is 6.54 Å². The van der Waals surface area contributed by atoms with Gasteiger partial charge in [0.05, 0.1) is 6.10 Å². The molecule has 0 spiro atoms. The Bertz CT molecular complexity index is 604. The van der Waals surface area contributed by atoms with Crippen LogP contribution in [-0.4, -0.2) is 23.7 Å². The molecule has 2 amide bonds. The van der Waals surface area contributed by atoms with Gasteiger partial charge in [-0.15, -0.1) is 11.3 Å². The van der Waals surface area contributed by atoms with Crippen molar-refractivity contribution >= 4 is 17.4 Å². The van der Waals surface area contributed by atoms with Crippen LogP contribution in [0.2, 0.25) is 0 Å². The monoisotopic (exact) mass is 322 g/mol. The Kier molecular flexibility index (Phi) is 5.91. The van der Waals surface area contributed by atoms with E-state index in [0.717, 1.165) is 6.42 Å². The van der Waals surface area contributed by atoms with Crippen molar-refractivity contribution in [2.45, 2.75) is 25.5 Å². The fourth-order valence-corrected chi connectivity index (χ4v) is 2.94. The Morgan fingerprint density at radius 3 is 2.77 bits per heavy atom. The third-order valence-electron chi connectivity index (χ3n) is 3.19. The fraction of sp³-hybridized carbons (Fsp3) is 0.312. The number of carbonyl (C=O) groups excluding carboxylic acids is 1. The van der Waals surface area contributed by atoms with Crippen LogP contribution in [0.5, 0.6) is 0 Å². The van der Waals surface area contributed by atoms with Crippen molar-refractivity contribution in [1.82, 2.24) is 10.6 Å². The van der Waals surface area contributed by atoms with Crippen molar-refractivity contribution < 1.29 is 14.3 Å². The van der Waals surface area contributed by atoms with Gasteiger partial charge in [-0.3, -0.25) is 0 Å². The van der Waals surface area contributed by atoms with Crippen LogP contribution in [0.3, 0.4) is 0 Å². The van der Waals surface area contributed by atoms with Crippen LogP contribution in [0.25, 0.3) is 0 Å². The first-order valence-electron chi connectivity index (χ1n) is 7.05. The highest BCUT2D eigenvalue weighted by Crippen LogP contribution is 2.15. The molecule has 1 aromatic heterocycles. The Balaban J connectivity index is 1.76. The lowest BCUT2D eigenvalue weighted by atomic mass is 10.1. The van der Waals surface area contributed by atoms with Gasteiger partial charge in [-0.05, 0) is 24.4 Å². The average molecular weight is 322 g/mol. The Morgan fingerprint density at radius 1 is 1.32 bits per heavy atom. The summed E-state index contributed by atoms with van der Waals surface area (Å²) >= 11 is 1.64. The minimum Gasteiger partial charge on any atom is -0.386 e. The van der Waals surface area contributed by atoms with Crippen LogP contribution in [0.1, 0.15) is 23.5 Å². The zero-order valence-corrected chi connectivity index (χ0v) is 13.1. The molecular formula is C16H19FN2O2S. The number of aliphatic hydroxyl groups is 1. The van der Waals surface area contributed by atoms with Gasteiger partial charge in [-0.25, -0.2) is 9.18 Å². The second-order valence-electron chi connectivity index (χ2n) is 5.08. The average Bonchev–Trinajstić information content (AvgIpc) is 2.98. The number of aliphatic hydroxyl groups excluding tert-OH is 1. The summed E-state index contributed by atoms with van der Waals surface area (Å²) in [6.07, 6.45) is -0.319. The molecule has 1 heterocycles. The summed E-state index contributed by atoms with van der Waals surface area (Å²) < 4.78 is 13.5. The maximum atomic E-state index is 13.5. The molecule has 0 fully saturated rings. The van der Waals surface area contributed by atoms with E-state index in [1.807, 2.05) is 24.4 Å². The summed E-state index contributed by atoms with van der Waals surface area (Å²) in [5.74, 6) is -0.483. The molecule has 0 aliphatic heterocycles. The molecule has 3 N–H and O–H groups in total. The van der Waals surface area contributed by atoms with E-state index in [2.05, 4.69) is 10.6 Å². The third kappa shape index (κ3) is 4.82. The van der Waals surface area contributed by atoms with Crippen LogP contribution >= 0.6 is 11.3 Å². The molecule has 0 radical (unpaired) electrons. The van der Waals surface area contributed by atoms with E-state index in [0.29, 0.717) is 0 Å². The predicted octanol–water partition coefficient (Wildman–Crippen LogP) is 2.85. The van der Waals surface area contributed by atoms with E-state index in [4.69, 9.17) is 0 Å². The second kappa shape index (κ2) is 7.91. The van der Waals surface area contributed by atoms with E-state index in [-0.39, 0.29) is 24.2 Å². The molecule has 6 heteroatoms. The molecule has 0 bridgehead atoms. The van der Waals surface area contributed by atoms with Gasteiger partial charge in [0.15, 0.2) is 0 Å². The molecule has 2 rings (SSSR count). The minimum atomic E-state index is -1.07. The molecule has 118 valence electrons. The van der Waals surface area contributed by atoms with Crippen molar-refractivity contribution in [2.24, 2.45) is 0 Å². The van der Waals surface area contributed by atoms with E-state index in [9.17, 15) is 14.3 Å². The zero-order chi connectivity index (χ0) is 15.9. The SMILES string of the molecule is CC(Cc1cccs1)NC(=O)NCC(O)c1ccccc1F. The smallest absolute Gasteiger partial charge is 0.315 e. The summed E-state index contributed by atoms with van der Waals surface area (Å²) in [4.78, 5) is 13.0. The van der Waals surface area contributed by atoms with Crippen LogP contribution in [0, 0.1) is 5.82 Å². The predicted molar refractivity (Wildman–Crippen MR) is 85.4 cm³/mol. The van der Waals surface area contributed by atoms with E-state index < -0.39 is 11.9 Å². The summed E-state index contributed by atoms with van der Waals surface area (Å²) in [7, 11) is 0. The van der Waals surface area contributed by atoms with Crippen molar-refractivity contribution in [3.8, 4) is 0 Å². The number of halogens is 1. The molecule has 0 saturated heterocycles. The molecule has 0 aliphatic carbocycles. The van der Waals surface area contributed by atoms with Gasteiger partial charge >= 0.3 is 6.03 Å². The summed E-state index contributed by atoms with van der Waals surface area (Å²) in [6, 6.07) is 9.56. The van der Waals surface area contributed by atoms with E-state index >= 15 is 0 Å². The number of nitrogens with one attached hydrogen (secondary N) is 2. The Labute approximate surface area is 133 Å². The fourth-order valence-electron chi connectivity index (χ4n) is 2.10. The van der Waals surface area contributed by atoms with Crippen molar-refractivity contribution in [3.05, 3.63) is 58.0 Å². The highest BCUT2D eigenvalue weighted by molar-refractivity contribution is 7.09. The molecule has 2 unspecified atom stereocenters. The van der Waals surface area contributed by atoms with Gasteiger partial charge in [-0.1, -0.05) is 24.3 Å². The van der Waals surface area contributed by atoms with Crippen LogP contribution in [-0.2, 0) is 6.42 Å². The van der Waals surface area contributed by atoms with Gasteiger partial charge in [0.25, 0.3) is 0 Å². The highest BCUT2D eigenvalue weighted by Gasteiger charge is 2.14. The second-order valence-corrected chi connectivity index (χ2v) is 6.11. The Hall–Kier alpha value is -1.92. The topological polar surface area (TPSA) is 61.4 Å². The lowest BCUT2D eigenvalue weighted by molar-refractivity contribution is 0.168. The van der Waals surface area contributed by atoms with Gasteiger partial charge in [0.1, 0.15) is 5.82 Å². The first-order chi connectivity index (χ1) is 10.6. The lowest BCUT2D eigenvalue weighted by Gasteiger charge is -2.16. The number of amides is 2. The van der Waals surface area contributed by atoms with Gasteiger partial charge in [0.2, 0.25) is 0 Å². The molecule has 0 aliphatic rings. The first-order valence-corrected chi connectivity index (χ1v) is 7.93. The Morgan fingerprint density at radius 2 is 2.09 bits per heavy atom. The number of hydrogen-bond acceptors (Lipinski definition) is 3. The molecule has 4 nitrogen and oxygen atoms in total. The summed E-state index contributed by atoms with van der Waals surface area (Å²) in [6.45, 7) is 1.87. The number of rotatable bonds is 6. The number of carbonyl (C=O) groups is 1. The van der Waals surface area contributed by atoms with Gasteiger partial charge in [0, 0.05) is 29.4 Å². The quantitative estimate of drug-likeness (QED) is 0.766. The molecule has 1 aromatic carbocycles. The number of hydrogen-bond donors (Lipinski definition) is 3. The lowest BCUT2D eigenvalue weighted by Crippen LogP contribution is -2.43. The van der Waals surface area contributed by atoms with Gasteiger partial charge < -0.3 is 15.7 Å². The van der Waals surface area contributed by atoms with Crippen molar-refractivity contribution in [1.29, 1.82) is 0 Å². The number of thiophene rings is 1. The third-order valence-corrected chi connectivity index (χ3v) is 4.08. The molecule has 2 atom stereocenters. The first kappa shape index (κ1) is 16.5. The molecule has 2 aromatic rings. The van der Waals surface area contributed by atoms with Gasteiger partial charge in [-0.2, -0.15) is 0 Å². The molecule has 0 saturated carbocycles. The van der Waals surface area contributed by atoms with E-state index in [1.165, 1.54) is 17.0 Å². The summed E-state index contributed by atoms with van der Waals surface area (Å²) in [5, 5.41) is 17.3. The molecular weight excluding hydrogens is 303 g/mol. The zero-order valence-electron chi connectivity index (χ0n) is 12.3. The van der Waals surface area contributed by atoms with Crippen LogP contribution in [0.15, 0.2) is 41.8 Å². The maximum Gasteiger partial charge on any atom is 0.315 e. The standard InChI is InChI=1S/C16H19FN2O2S/c1-11(9-12-5-4-8-22-12)19-16(21)18-10-15(20)13-6-2-3-7-14(13)17/h2-8,11,15,20H,9-10H2,1H3,(H2,18,19,21). The normalized spacial score (nSPS) is 13.4. The summed E-state index contributed by atoms with van der Waals surface area (Å²) in [5.41, 5.74) is 0.175. The van der Waals surface area contributed by atoms with E-state index in [1.54, 1.807) is 23.5 Å². The van der Waals surface area contributed by atoms with Crippen LogP contribution < -0.4 is 10.6 Å². The number of benzene rings is 1. The van der Waals surface area contributed by atoms with Crippen molar-refractivity contribution in [3.63, 3.8) is 0 Å². The minimum absolute atomic E-state index is 0.0238.